The molecule has 1 amide bonds. The first kappa shape index (κ1) is 49.2. The van der Waals surface area contributed by atoms with Gasteiger partial charge in [-0.1, -0.05) is 180 Å². The maximum atomic E-state index is 12.8. The van der Waals surface area contributed by atoms with E-state index in [9.17, 15) is 19.4 Å². The number of aliphatic hydroxyl groups excluding tert-OH is 1. The van der Waals surface area contributed by atoms with Gasteiger partial charge in [0.1, 0.15) is 13.2 Å². The van der Waals surface area contributed by atoms with Crippen LogP contribution in [0.1, 0.15) is 194 Å². The lowest BCUT2D eigenvalue weighted by Crippen LogP contribution is -2.45. The molecule has 0 bridgehead atoms. The molecule has 0 aromatic carbocycles. The van der Waals surface area contributed by atoms with Gasteiger partial charge in [0.15, 0.2) is 0 Å². The quantitative estimate of drug-likeness (QED) is 0.0283. The number of nitrogens with one attached hydrogen (secondary N) is 1. The number of amides is 1. The number of phosphoric ester groups is 1. The molecule has 0 aromatic heterocycles. The van der Waals surface area contributed by atoms with Gasteiger partial charge in [0.25, 0.3) is 7.82 Å². The number of hydrogen-bond donors (Lipinski definition) is 2. The summed E-state index contributed by atoms with van der Waals surface area (Å²) in [5.74, 6) is -0.197. The van der Waals surface area contributed by atoms with Crippen LogP contribution in [-0.2, 0) is 18.4 Å². The predicted molar refractivity (Wildman–Crippen MR) is 210 cm³/mol. The van der Waals surface area contributed by atoms with Crippen molar-refractivity contribution in [3.63, 3.8) is 0 Å². The lowest BCUT2D eigenvalue weighted by Gasteiger charge is -2.29. The molecule has 0 radical (unpaired) electrons. The van der Waals surface area contributed by atoms with Crippen molar-refractivity contribution in [3.05, 3.63) is 12.2 Å². The maximum absolute atomic E-state index is 12.8. The monoisotopic (exact) mass is 731 g/mol. The molecule has 0 spiro atoms. The van der Waals surface area contributed by atoms with E-state index in [0.29, 0.717) is 17.4 Å². The fourth-order valence-electron chi connectivity index (χ4n) is 6.09. The fraction of sp³-hybridized carbons (Fsp3) is 0.927. The van der Waals surface area contributed by atoms with E-state index in [1.54, 1.807) is 6.08 Å². The highest BCUT2D eigenvalue weighted by Gasteiger charge is 2.23. The predicted octanol–water partition coefficient (Wildman–Crippen LogP) is 10.6. The van der Waals surface area contributed by atoms with Gasteiger partial charge in [0.05, 0.1) is 39.9 Å². The molecule has 2 N–H and O–H groups in total. The first-order chi connectivity index (χ1) is 24.0. The molecule has 0 saturated heterocycles. The van der Waals surface area contributed by atoms with Gasteiger partial charge in [-0.05, 0) is 19.3 Å². The molecule has 9 heteroatoms. The Bertz CT molecular complexity index is 834. The van der Waals surface area contributed by atoms with E-state index in [2.05, 4.69) is 19.2 Å². The van der Waals surface area contributed by atoms with Crippen LogP contribution in [0.4, 0.5) is 0 Å². The standard InChI is InChI=1S/C41H83N2O6P/c1-6-8-10-12-14-16-18-20-21-22-23-24-26-28-30-32-34-40(44)39(38-49-50(46,47)48-37-36-43(3,4)5)42-41(45)35-33-31-29-27-25-19-17-15-13-11-9-7-2/h32,34,39-40,44H,6-31,33,35-38H2,1-5H3,(H-,42,45,46,47)/b34-32+. The van der Waals surface area contributed by atoms with Crippen molar-refractivity contribution in [3.8, 4) is 0 Å². The first-order valence-corrected chi connectivity index (χ1v) is 22.5. The summed E-state index contributed by atoms with van der Waals surface area (Å²) >= 11 is 0. The van der Waals surface area contributed by atoms with Crippen LogP contribution in [0.2, 0.25) is 0 Å². The number of carbonyl (C=O) groups is 1. The van der Waals surface area contributed by atoms with Gasteiger partial charge in [-0.3, -0.25) is 9.36 Å². The van der Waals surface area contributed by atoms with Gasteiger partial charge in [0, 0.05) is 6.42 Å². The summed E-state index contributed by atoms with van der Waals surface area (Å²) in [6.07, 6.45) is 36.7. The van der Waals surface area contributed by atoms with Gasteiger partial charge < -0.3 is 28.8 Å². The molecule has 3 atom stereocenters. The average molecular weight is 731 g/mol. The Hall–Kier alpha value is -0.760. The van der Waals surface area contributed by atoms with Crippen molar-refractivity contribution < 1.29 is 32.9 Å². The number of nitrogens with zero attached hydrogens (tertiary/aromatic N) is 1. The van der Waals surface area contributed by atoms with Crippen molar-refractivity contribution in [1.82, 2.24) is 5.32 Å². The number of likely N-dealkylation sites (N-methyl/N-ethyl adjacent to an activating group) is 1. The van der Waals surface area contributed by atoms with Crippen LogP contribution in [0.25, 0.3) is 0 Å². The molecule has 0 aromatic rings. The molecular formula is C41H83N2O6P. The summed E-state index contributed by atoms with van der Waals surface area (Å²) in [7, 11) is 1.27. The summed E-state index contributed by atoms with van der Waals surface area (Å²) in [4.78, 5) is 25.2. The van der Waals surface area contributed by atoms with Crippen molar-refractivity contribution in [2.45, 2.75) is 206 Å². The lowest BCUT2D eigenvalue weighted by atomic mass is 10.0. The normalized spacial score (nSPS) is 14.6. The highest BCUT2D eigenvalue weighted by molar-refractivity contribution is 7.45. The van der Waals surface area contributed by atoms with E-state index in [4.69, 9.17) is 9.05 Å². The number of aliphatic hydroxyl groups is 1. The maximum Gasteiger partial charge on any atom is 0.268 e. The molecule has 0 aliphatic carbocycles. The molecule has 0 aliphatic rings. The highest BCUT2D eigenvalue weighted by atomic mass is 31.2. The number of unbranched alkanes of at least 4 members (excludes halogenated alkanes) is 25. The van der Waals surface area contributed by atoms with Gasteiger partial charge in [-0.2, -0.15) is 0 Å². The van der Waals surface area contributed by atoms with Crippen LogP contribution in [-0.4, -0.2) is 68.5 Å². The molecule has 50 heavy (non-hydrogen) atoms. The van der Waals surface area contributed by atoms with Crippen molar-refractivity contribution >= 4 is 13.7 Å². The zero-order valence-corrected chi connectivity index (χ0v) is 34.5. The number of quaternary nitrogens is 1. The summed E-state index contributed by atoms with van der Waals surface area (Å²) in [6, 6.07) is -0.878. The van der Waals surface area contributed by atoms with E-state index < -0.39 is 20.0 Å². The Balaban J connectivity index is 4.45. The van der Waals surface area contributed by atoms with Gasteiger partial charge in [-0.15, -0.1) is 0 Å². The minimum Gasteiger partial charge on any atom is -0.756 e. The molecule has 0 aliphatic heterocycles. The summed E-state index contributed by atoms with van der Waals surface area (Å²) in [5, 5.41) is 13.7. The molecule has 0 saturated carbocycles. The first-order valence-electron chi connectivity index (χ1n) is 21.1. The van der Waals surface area contributed by atoms with E-state index in [1.807, 2.05) is 27.2 Å². The van der Waals surface area contributed by atoms with E-state index >= 15 is 0 Å². The van der Waals surface area contributed by atoms with Gasteiger partial charge in [0.2, 0.25) is 5.91 Å². The molecule has 3 unspecified atom stereocenters. The largest absolute Gasteiger partial charge is 0.756 e. The van der Waals surface area contributed by atoms with E-state index in [-0.39, 0.29) is 19.1 Å². The third kappa shape index (κ3) is 35.6. The highest BCUT2D eigenvalue weighted by Crippen LogP contribution is 2.38. The SMILES string of the molecule is CCCCCCCCCCCCCCCC/C=C/C(O)C(COP(=O)([O-])OCC[N+](C)(C)C)NC(=O)CCCCCCCCCCCCCC. The minimum atomic E-state index is -4.58. The van der Waals surface area contributed by atoms with Crippen molar-refractivity contribution in [1.29, 1.82) is 0 Å². The molecule has 8 nitrogen and oxygen atoms in total. The topological polar surface area (TPSA) is 108 Å². The fourth-order valence-corrected chi connectivity index (χ4v) is 6.82. The van der Waals surface area contributed by atoms with E-state index in [1.165, 1.54) is 135 Å². The Kier molecular flexibility index (Phi) is 33.5. The number of hydrogen-bond acceptors (Lipinski definition) is 6. The molecule has 0 rings (SSSR count). The lowest BCUT2D eigenvalue weighted by molar-refractivity contribution is -0.870. The second kappa shape index (κ2) is 34.0. The van der Waals surface area contributed by atoms with Crippen molar-refractivity contribution in [2.75, 3.05) is 40.9 Å². The van der Waals surface area contributed by atoms with Crippen molar-refractivity contribution in [2.24, 2.45) is 0 Å². The van der Waals surface area contributed by atoms with Gasteiger partial charge >= 0.3 is 0 Å². The molecule has 298 valence electrons. The van der Waals surface area contributed by atoms with Crippen LogP contribution >= 0.6 is 7.82 Å². The van der Waals surface area contributed by atoms with Gasteiger partial charge in [-0.25, -0.2) is 0 Å². The van der Waals surface area contributed by atoms with Crippen LogP contribution in [0.15, 0.2) is 12.2 Å². The summed E-state index contributed by atoms with van der Waals surface area (Å²) < 4.78 is 23.1. The number of allylic oxidation sites excluding steroid dienone is 1. The second-order valence-corrected chi connectivity index (χ2v) is 17.1. The number of phosphoric acid groups is 1. The number of carbonyl (C=O) groups excluding carboxylic acids is 1. The Labute approximate surface area is 310 Å². The molecule has 0 fully saturated rings. The Morgan fingerprint density at radius 2 is 1.08 bits per heavy atom. The second-order valence-electron chi connectivity index (χ2n) is 15.7. The zero-order valence-electron chi connectivity index (χ0n) is 33.6. The molecular weight excluding hydrogens is 647 g/mol. The smallest absolute Gasteiger partial charge is 0.268 e. The summed E-state index contributed by atoms with van der Waals surface area (Å²) in [6.45, 7) is 4.64. The summed E-state index contributed by atoms with van der Waals surface area (Å²) in [5.41, 5.74) is 0. The van der Waals surface area contributed by atoms with Crippen LogP contribution in [0.5, 0.6) is 0 Å². The van der Waals surface area contributed by atoms with Crippen LogP contribution in [0.3, 0.4) is 0 Å². The number of rotatable bonds is 38. The van der Waals surface area contributed by atoms with E-state index in [0.717, 1.165) is 38.5 Å². The Morgan fingerprint density at radius 1 is 0.680 bits per heavy atom. The minimum absolute atomic E-state index is 0.00190. The Morgan fingerprint density at radius 3 is 1.50 bits per heavy atom. The third-order valence-electron chi connectivity index (χ3n) is 9.50. The third-order valence-corrected chi connectivity index (χ3v) is 10.5. The average Bonchev–Trinajstić information content (AvgIpc) is 3.06. The van der Waals surface area contributed by atoms with Crippen LogP contribution < -0.4 is 10.2 Å². The molecule has 0 heterocycles. The zero-order chi connectivity index (χ0) is 37.2. The van der Waals surface area contributed by atoms with Crippen LogP contribution in [0, 0.1) is 0 Å².